The summed E-state index contributed by atoms with van der Waals surface area (Å²) < 4.78 is 6.96. The predicted molar refractivity (Wildman–Crippen MR) is 53.0 cm³/mol. The molecule has 0 bridgehead atoms. The van der Waals surface area contributed by atoms with Crippen LogP contribution in [-0.2, 0) is 0 Å². The maximum atomic E-state index is 3.99. The van der Waals surface area contributed by atoms with Gasteiger partial charge in [0.2, 0.25) is 0 Å². The number of aromatic nitrogens is 1. The fourth-order valence-electron chi connectivity index (χ4n) is 0.567. The van der Waals surface area contributed by atoms with Crippen LogP contribution in [0, 0.1) is 0 Å². The number of azo groups is 1. The summed E-state index contributed by atoms with van der Waals surface area (Å²) in [5, 5.41) is 11.6. The number of nitrogens with one attached hydrogen (secondary N) is 1. The van der Waals surface area contributed by atoms with Crippen LogP contribution in [0.2, 0.25) is 0 Å². The van der Waals surface area contributed by atoms with Gasteiger partial charge in [-0.1, -0.05) is 0 Å². The molecule has 1 N–H and O–H groups in total. The second-order valence-electron chi connectivity index (χ2n) is 1.84. The van der Waals surface area contributed by atoms with E-state index < -0.39 is 0 Å². The van der Waals surface area contributed by atoms with E-state index in [9.17, 15) is 0 Å². The van der Waals surface area contributed by atoms with Gasteiger partial charge in [-0.2, -0.15) is 4.37 Å². The summed E-state index contributed by atoms with van der Waals surface area (Å²) in [6.07, 6.45) is 0. The molecule has 2 rings (SSSR count). The normalized spacial score (nSPS) is 16.5. The van der Waals surface area contributed by atoms with Gasteiger partial charge in [0.25, 0.3) is 0 Å². The molecule has 0 spiro atoms. The molecule has 1 aliphatic rings. The Balaban J connectivity index is 2.02. The topological polar surface area (TPSA) is 49.6 Å². The van der Waals surface area contributed by atoms with Crippen molar-refractivity contribution in [1.29, 1.82) is 0 Å². The lowest BCUT2D eigenvalue weighted by atomic mass is 10.7. The number of hydrogen-bond acceptors (Lipinski definition) is 7. The Hall–Kier alpha value is -0.530. The molecule has 0 aromatic carbocycles. The quantitative estimate of drug-likeness (QED) is 0.469. The van der Waals surface area contributed by atoms with Crippen molar-refractivity contribution in [2.45, 2.75) is 0 Å². The van der Waals surface area contributed by atoms with Gasteiger partial charge in [-0.25, -0.2) is 0 Å². The molecule has 0 aliphatic carbocycles. The van der Waals surface area contributed by atoms with E-state index in [0.717, 1.165) is 5.82 Å². The first-order chi connectivity index (χ1) is 5.95. The highest BCUT2D eigenvalue weighted by atomic mass is 33.1. The van der Waals surface area contributed by atoms with Crippen LogP contribution in [-0.4, -0.2) is 4.37 Å². The summed E-state index contributed by atoms with van der Waals surface area (Å²) in [5.74, 6) is 1.43. The summed E-state index contributed by atoms with van der Waals surface area (Å²) in [6, 6.07) is 1.82. The van der Waals surface area contributed by atoms with Crippen LogP contribution in [0.3, 0.4) is 0 Å². The zero-order chi connectivity index (χ0) is 8.23. The summed E-state index contributed by atoms with van der Waals surface area (Å²) in [7, 11) is 3.11. The highest BCUT2D eigenvalue weighted by Gasteiger charge is 2.02. The maximum absolute atomic E-state index is 3.99. The van der Waals surface area contributed by atoms with Gasteiger partial charge >= 0.3 is 0 Å². The fourth-order valence-corrected chi connectivity index (χ4v) is 2.39. The minimum absolute atomic E-state index is 0.657. The van der Waals surface area contributed by atoms with Crippen molar-refractivity contribution in [1.82, 2.24) is 9.10 Å². The lowest BCUT2D eigenvalue weighted by molar-refractivity contribution is 1.05. The van der Waals surface area contributed by atoms with Gasteiger partial charge in [-0.15, -0.1) is 10.2 Å². The first-order valence-corrected chi connectivity index (χ1v) is 6.11. The van der Waals surface area contributed by atoms with Crippen molar-refractivity contribution in [2.24, 2.45) is 10.2 Å². The van der Waals surface area contributed by atoms with Crippen LogP contribution in [0.1, 0.15) is 0 Å². The molecule has 0 saturated heterocycles. The van der Waals surface area contributed by atoms with Gasteiger partial charge in [0.1, 0.15) is 0 Å². The average Bonchev–Trinajstić information content (AvgIpc) is 2.74. The van der Waals surface area contributed by atoms with E-state index in [1.54, 1.807) is 10.8 Å². The molecule has 0 saturated carbocycles. The van der Waals surface area contributed by atoms with Crippen molar-refractivity contribution >= 4 is 39.1 Å². The Morgan fingerprint density at radius 2 is 2.42 bits per heavy atom. The van der Waals surface area contributed by atoms with Crippen LogP contribution >= 0.6 is 33.3 Å². The highest BCUT2D eigenvalue weighted by molar-refractivity contribution is 8.77. The van der Waals surface area contributed by atoms with Crippen LogP contribution in [0.15, 0.2) is 32.9 Å². The number of hydrogen-bond donors (Lipinski definition) is 1. The van der Waals surface area contributed by atoms with Crippen LogP contribution < -0.4 is 4.72 Å². The van der Waals surface area contributed by atoms with Crippen molar-refractivity contribution in [3.63, 3.8) is 0 Å². The minimum Gasteiger partial charge on any atom is -0.303 e. The Bertz CT molecular complexity index is 305. The molecule has 62 valence electrons. The van der Waals surface area contributed by atoms with Gasteiger partial charge in [-0.3, -0.25) is 0 Å². The zero-order valence-electron chi connectivity index (χ0n) is 5.80. The Kier molecular flexibility index (Phi) is 2.64. The van der Waals surface area contributed by atoms with Crippen LogP contribution in [0.25, 0.3) is 0 Å². The predicted octanol–water partition coefficient (Wildman–Crippen LogP) is 2.93. The molecule has 1 aromatic rings. The lowest BCUT2D eigenvalue weighted by Crippen LogP contribution is -1.91. The van der Waals surface area contributed by atoms with E-state index in [-0.39, 0.29) is 0 Å². The summed E-state index contributed by atoms with van der Waals surface area (Å²) >= 11 is 1.37. The molecular weight excluding hydrogens is 212 g/mol. The summed E-state index contributed by atoms with van der Waals surface area (Å²) in [6.45, 7) is 0. The third-order valence-electron chi connectivity index (χ3n) is 1.04. The highest BCUT2D eigenvalue weighted by Crippen LogP contribution is 2.29. The molecule has 0 radical (unpaired) electrons. The van der Waals surface area contributed by atoms with Gasteiger partial charge in [-0.05, 0) is 28.4 Å². The standard InChI is InChI=1S/C5H4N4S3/c1-2-10-8-4(1)6-7-5-3-11-12-9-5/h1-3,9H. The monoisotopic (exact) mass is 216 g/mol. The van der Waals surface area contributed by atoms with Crippen LogP contribution in [0.4, 0.5) is 5.82 Å². The molecule has 0 fully saturated rings. The van der Waals surface area contributed by atoms with Crippen molar-refractivity contribution < 1.29 is 0 Å². The Morgan fingerprint density at radius 3 is 3.08 bits per heavy atom. The van der Waals surface area contributed by atoms with E-state index in [2.05, 4.69) is 19.3 Å². The molecule has 1 aliphatic heterocycles. The van der Waals surface area contributed by atoms with Gasteiger partial charge < -0.3 is 4.72 Å². The first kappa shape index (κ1) is 8.09. The summed E-state index contributed by atoms with van der Waals surface area (Å²) in [5.41, 5.74) is 0. The molecule has 0 atom stereocenters. The number of nitrogens with zero attached hydrogens (tertiary/aromatic N) is 3. The lowest BCUT2D eigenvalue weighted by Gasteiger charge is -1.89. The third kappa shape index (κ3) is 1.99. The minimum atomic E-state index is 0.657. The van der Waals surface area contributed by atoms with Crippen LogP contribution in [0.5, 0.6) is 0 Å². The zero-order valence-corrected chi connectivity index (χ0v) is 8.25. The molecule has 7 heteroatoms. The van der Waals surface area contributed by atoms with E-state index in [1.807, 2.05) is 16.9 Å². The van der Waals surface area contributed by atoms with Gasteiger partial charge in [0, 0.05) is 21.8 Å². The molecule has 0 unspecified atom stereocenters. The van der Waals surface area contributed by atoms with Crippen molar-refractivity contribution in [3.05, 3.63) is 22.7 Å². The van der Waals surface area contributed by atoms with Crippen molar-refractivity contribution in [2.75, 3.05) is 0 Å². The number of rotatable bonds is 2. The molecule has 4 nitrogen and oxygen atoms in total. The van der Waals surface area contributed by atoms with Gasteiger partial charge in [0.15, 0.2) is 11.6 Å². The van der Waals surface area contributed by atoms with E-state index in [0.29, 0.717) is 5.82 Å². The molecular formula is C5H4N4S3. The van der Waals surface area contributed by atoms with E-state index >= 15 is 0 Å². The molecule has 12 heavy (non-hydrogen) atoms. The van der Waals surface area contributed by atoms with E-state index in [1.165, 1.54) is 22.5 Å². The molecule has 0 amide bonds. The van der Waals surface area contributed by atoms with E-state index in [4.69, 9.17) is 0 Å². The largest absolute Gasteiger partial charge is 0.303 e. The second-order valence-corrected chi connectivity index (χ2v) is 4.38. The first-order valence-electron chi connectivity index (χ1n) is 3.06. The smallest absolute Gasteiger partial charge is 0.187 e. The SMILES string of the molecule is C1=C(N=Nc2ccsn2)NSS1. The molecule has 2 heterocycles. The average molecular weight is 216 g/mol. The Labute approximate surface area is 81.2 Å². The maximum Gasteiger partial charge on any atom is 0.187 e. The third-order valence-corrected chi connectivity index (χ3v) is 3.12. The summed E-state index contributed by atoms with van der Waals surface area (Å²) in [4.78, 5) is 0. The molecule has 1 aromatic heterocycles. The van der Waals surface area contributed by atoms with Crippen molar-refractivity contribution in [3.8, 4) is 0 Å². The van der Waals surface area contributed by atoms with Gasteiger partial charge in [0.05, 0.1) is 0 Å². The second kappa shape index (κ2) is 3.92. The fraction of sp³-hybridized carbons (Fsp3) is 0. The Morgan fingerprint density at radius 1 is 1.42 bits per heavy atom.